The van der Waals surface area contributed by atoms with Gasteiger partial charge in [0.1, 0.15) is 5.03 Å². The Balaban J connectivity index is 2.21. The Hall–Kier alpha value is -0.130. The smallest absolute Gasteiger partial charge is 0.133 e. The summed E-state index contributed by atoms with van der Waals surface area (Å²) < 4.78 is 0. The third-order valence-electron chi connectivity index (χ3n) is 2.45. The lowest BCUT2D eigenvalue weighted by molar-refractivity contribution is 0.223. The standard InChI is InChI=1S/C8H13N3S2/c1-5(2)11-3-6-7(4-11)9-10-8(6)13-12/h5,12H,3-4H2,1-2H3,(H,9,10). The molecular weight excluding hydrogens is 202 g/mol. The molecule has 0 saturated heterocycles. The van der Waals surface area contributed by atoms with Crippen LogP contribution in [0.25, 0.3) is 0 Å². The molecule has 2 rings (SSSR count). The zero-order valence-electron chi connectivity index (χ0n) is 7.74. The van der Waals surface area contributed by atoms with E-state index in [4.69, 9.17) is 0 Å². The monoisotopic (exact) mass is 215 g/mol. The number of hydrogen-bond donors (Lipinski definition) is 2. The Morgan fingerprint density at radius 1 is 1.54 bits per heavy atom. The summed E-state index contributed by atoms with van der Waals surface area (Å²) in [5.41, 5.74) is 2.58. The van der Waals surface area contributed by atoms with Crippen LogP contribution in [-0.4, -0.2) is 21.1 Å². The van der Waals surface area contributed by atoms with Crippen molar-refractivity contribution in [3.63, 3.8) is 0 Å². The van der Waals surface area contributed by atoms with Gasteiger partial charge in [0.15, 0.2) is 0 Å². The molecule has 0 spiro atoms. The zero-order chi connectivity index (χ0) is 9.42. The van der Waals surface area contributed by atoms with Crippen molar-refractivity contribution in [3.05, 3.63) is 11.3 Å². The van der Waals surface area contributed by atoms with Crippen LogP contribution in [0, 0.1) is 0 Å². The fourth-order valence-electron chi connectivity index (χ4n) is 1.58. The lowest BCUT2D eigenvalue weighted by Gasteiger charge is -2.19. The van der Waals surface area contributed by atoms with Crippen LogP contribution >= 0.6 is 22.5 Å². The number of nitrogens with one attached hydrogen (secondary N) is 1. The minimum absolute atomic E-state index is 0.596. The van der Waals surface area contributed by atoms with Crippen LogP contribution in [0.2, 0.25) is 0 Å². The molecule has 1 aliphatic heterocycles. The van der Waals surface area contributed by atoms with Crippen LogP contribution in [0.1, 0.15) is 25.1 Å². The third-order valence-corrected chi connectivity index (χ3v) is 3.48. The zero-order valence-corrected chi connectivity index (χ0v) is 9.45. The normalized spacial score (nSPS) is 16.9. The fraction of sp³-hybridized carbons (Fsp3) is 0.625. The predicted octanol–water partition coefficient (Wildman–Crippen LogP) is 2.07. The van der Waals surface area contributed by atoms with Crippen LogP contribution in [0.5, 0.6) is 0 Å². The number of rotatable bonds is 2. The molecule has 1 aliphatic rings. The molecule has 1 N–H and O–H groups in total. The molecule has 2 heterocycles. The van der Waals surface area contributed by atoms with Gasteiger partial charge in [-0.25, -0.2) is 0 Å². The first-order valence-corrected chi connectivity index (χ1v) is 6.21. The number of nitrogens with zero attached hydrogens (tertiary/aromatic N) is 2. The van der Waals surface area contributed by atoms with Crippen LogP contribution in [0.4, 0.5) is 0 Å². The van der Waals surface area contributed by atoms with E-state index in [9.17, 15) is 0 Å². The van der Waals surface area contributed by atoms with Crippen LogP contribution < -0.4 is 0 Å². The van der Waals surface area contributed by atoms with Gasteiger partial charge >= 0.3 is 0 Å². The summed E-state index contributed by atoms with van der Waals surface area (Å²) in [5, 5.41) is 8.27. The third kappa shape index (κ3) is 1.60. The van der Waals surface area contributed by atoms with E-state index in [-0.39, 0.29) is 0 Å². The second kappa shape index (κ2) is 3.55. The van der Waals surface area contributed by atoms with Gasteiger partial charge in [-0.2, -0.15) is 5.10 Å². The van der Waals surface area contributed by atoms with E-state index in [1.54, 1.807) is 0 Å². The number of aromatic nitrogens is 2. The Kier molecular flexibility index (Phi) is 2.58. The highest BCUT2D eigenvalue weighted by atomic mass is 33.1. The summed E-state index contributed by atoms with van der Waals surface area (Å²) in [6.45, 7) is 6.43. The summed E-state index contributed by atoms with van der Waals surface area (Å²) >= 11 is 4.17. The molecule has 0 atom stereocenters. The first-order chi connectivity index (χ1) is 6.22. The molecule has 0 unspecified atom stereocenters. The quantitative estimate of drug-likeness (QED) is 0.585. The van der Waals surface area contributed by atoms with Crippen LogP contribution in [0.15, 0.2) is 5.03 Å². The van der Waals surface area contributed by atoms with Gasteiger partial charge in [-0.3, -0.25) is 10.00 Å². The molecule has 0 radical (unpaired) electrons. The minimum atomic E-state index is 0.596. The topological polar surface area (TPSA) is 31.9 Å². The molecule has 0 saturated carbocycles. The van der Waals surface area contributed by atoms with Crippen molar-refractivity contribution >= 4 is 22.5 Å². The number of fused-ring (bicyclic) bond motifs is 1. The Morgan fingerprint density at radius 3 is 2.92 bits per heavy atom. The summed E-state index contributed by atoms with van der Waals surface area (Å²) in [4.78, 5) is 2.41. The van der Waals surface area contributed by atoms with Crippen LogP contribution in [0.3, 0.4) is 0 Å². The van der Waals surface area contributed by atoms with Crippen molar-refractivity contribution in [2.45, 2.75) is 38.0 Å². The van der Waals surface area contributed by atoms with Crippen molar-refractivity contribution in [2.75, 3.05) is 0 Å². The summed E-state index contributed by atoms with van der Waals surface area (Å²) in [7, 11) is 1.42. The number of hydrogen-bond acceptors (Lipinski definition) is 4. The molecule has 0 amide bonds. The number of H-pyrrole nitrogens is 1. The van der Waals surface area contributed by atoms with E-state index < -0.39 is 0 Å². The average Bonchev–Trinajstić information content (AvgIpc) is 2.60. The molecule has 0 aliphatic carbocycles. The maximum absolute atomic E-state index is 4.18. The summed E-state index contributed by atoms with van der Waals surface area (Å²) in [6, 6.07) is 0.596. The minimum Gasteiger partial charge on any atom is -0.291 e. The Morgan fingerprint density at radius 2 is 2.31 bits per heavy atom. The van der Waals surface area contributed by atoms with Crippen molar-refractivity contribution in [1.29, 1.82) is 0 Å². The highest BCUT2D eigenvalue weighted by Crippen LogP contribution is 2.32. The highest BCUT2D eigenvalue weighted by molar-refractivity contribution is 8.68. The van der Waals surface area contributed by atoms with E-state index in [0.29, 0.717) is 6.04 Å². The van der Waals surface area contributed by atoms with Crippen LogP contribution in [-0.2, 0) is 13.1 Å². The van der Waals surface area contributed by atoms with Crippen molar-refractivity contribution < 1.29 is 0 Å². The van der Waals surface area contributed by atoms with Crippen molar-refractivity contribution in [2.24, 2.45) is 0 Å². The summed E-state index contributed by atoms with van der Waals surface area (Å²) in [5.74, 6) is 0. The van der Waals surface area contributed by atoms with Gasteiger partial charge in [0.25, 0.3) is 0 Å². The highest BCUT2D eigenvalue weighted by Gasteiger charge is 2.25. The van der Waals surface area contributed by atoms with Gasteiger partial charge in [0.05, 0.1) is 5.69 Å². The average molecular weight is 215 g/mol. The first-order valence-electron chi connectivity index (χ1n) is 4.34. The second-order valence-corrected chi connectivity index (χ2v) is 4.69. The van der Waals surface area contributed by atoms with Crippen molar-refractivity contribution in [3.8, 4) is 0 Å². The SMILES string of the molecule is CC(C)N1Cc2[nH]nc(SS)c2C1. The Labute approximate surface area is 87.1 Å². The molecule has 3 nitrogen and oxygen atoms in total. The van der Waals surface area contributed by atoms with Gasteiger partial charge in [0.2, 0.25) is 0 Å². The van der Waals surface area contributed by atoms with E-state index in [2.05, 4.69) is 40.6 Å². The second-order valence-electron chi connectivity index (χ2n) is 3.58. The van der Waals surface area contributed by atoms with E-state index in [0.717, 1.165) is 18.1 Å². The maximum atomic E-state index is 4.18. The molecule has 5 heteroatoms. The molecule has 1 aromatic heterocycles. The Bertz CT molecular complexity index is 308. The molecule has 0 aromatic carbocycles. The van der Waals surface area contributed by atoms with Gasteiger partial charge in [0, 0.05) is 24.7 Å². The first kappa shape index (κ1) is 9.43. The molecule has 0 fully saturated rings. The molecule has 1 aromatic rings. The molecule has 0 bridgehead atoms. The maximum Gasteiger partial charge on any atom is 0.133 e. The van der Waals surface area contributed by atoms with E-state index >= 15 is 0 Å². The summed E-state index contributed by atoms with van der Waals surface area (Å²) in [6.07, 6.45) is 0. The van der Waals surface area contributed by atoms with Crippen molar-refractivity contribution in [1.82, 2.24) is 15.1 Å². The van der Waals surface area contributed by atoms with Gasteiger partial charge in [-0.05, 0) is 24.6 Å². The molecule has 72 valence electrons. The molecular formula is C8H13N3S2. The van der Waals surface area contributed by atoms with Gasteiger partial charge in [-0.15, -0.1) is 11.7 Å². The largest absolute Gasteiger partial charge is 0.291 e. The molecule has 13 heavy (non-hydrogen) atoms. The lowest BCUT2D eigenvalue weighted by Crippen LogP contribution is -2.25. The number of aromatic amines is 1. The van der Waals surface area contributed by atoms with Gasteiger partial charge < -0.3 is 0 Å². The lowest BCUT2D eigenvalue weighted by atomic mass is 10.3. The predicted molar refractivity (Wildman–Crippen MR) is 57.8 cm³/mol. The van der Waals surface area contributed by atoms with E-state index in [1.807, 2.05) is 0 Å². The number of thiol groups is 1. The fourth-order valence-corrected chi connectivity index (χ4v) is 2.42. The van der Waals surface area contributed by atoms with E-state index in [1.165, 1.54) is 22.1 Å². The van der Waals surface area contributed by atoms with Gasteiger partial charge in [-0.1, -0.05) is 0 Å².